The number of aromatic nitrogens is 1. The molecule has 1 saturated heterocycles. The number of fused-ring (bicyclic) bond motifs is 1. The molecule has 0 spiro atoms. The molecule has 3 aromatic rings. The second kappa shape index (κ2) is 8.63. The predicted octanol–water partition coefficient (Wildman–Crippen LogP) is 3.83. The summed E-state index contributed by atoms with van der Waals surface area (Å²) < 4.78 is 1.25. The fourth-order valence-electron chi connectivity index (χ4n) is 3.72. The monoisotopic (exact) mass is 379 g/mol. The average Bonchev–Trinajstić information content (AvgIpc) is 3.13. The molecule has 0 saturated carbocycles. The Morgan fingerprint density at radius 1 is 1.15 bits per heavy atom. The second-order valence-corrected chi connectivity index (χ2v) is 8.24. The number of nitrogens with zero attached hydrogens (tertiary/aromatic N) is 2. The van der Waals surface area contributed by atoms with Crippen LogP contribution >= 0.6 is 11.3 Å². The number of amides is 1. The van der Waals surface area contributed by atoms with Gasteiger partial charge in [0.05, 0.1) is 21.8 Å². The van der Waals surface area contributed by atoms with Gasteiger partial charge in [-0.1, -0.05) is 42.5 Å². The van der Waals surface area contributed by atoms with Gasteiger partial charge in [-0.25, -0.2) is 4.98 Å². The molecule has 140 valence electrons. The summed E-state index contributed by atoms with van der Waals surface area (Å²) in [5, 5.41) is 4.27. The van der Waals surface area contributed by atoms with Crippen molar-refractivity contribution in [1.29, 1.82) is 0 Å². The molecule has 1 aliphatic rings. The molecule has 4 nitrogen and oxygen atoms in total. The van der Waals surface area contributed by atoms with Gasteiger partial charge in [0.1, 0.15) is 0 Å². The Balaban J connectivity index is 1.28. The molecule has 4 rings (SSSR count). The van der Waals surface area contributed by atoms with Crippen molar-refractivity contribution >= 4 is 27.5 Å². The minimum atomic E-state index is 0.121. The summed E-state index contributed by atoms with van der Waals surface area (Å²) in [4.78, 5) is 19.4. The number of likely N-dealkylation sites (tertiary alicyclic amines) is 1. The van der Waals surface area contributed by atoms with E-state index in [9.17, 15) is 4.79 Å². The van der Waals surface area contributed by atoms with Crippen molar-refractivity contribution in [3.05, 3.63) is 65.2 Å². The van der Waals surface area contributed by atoms with Gasteiger partial charge in [-0.2, -0.15) is 0 Å². The van der Waals surface area contributed by atoms with Crippen molar-refractivity contribution in [3.63, 3.8) is 0 Å². The van der Waals surface area contributed by atoms with E-state index < -0.39 is 0 Å². The first-order valence-corrected chi connectivity index (χ1v) is 10.5. The van der Waals surface area contributed by atoms with Crippen molar-refractivity contribution in [2.75, 3.05) is 26.2 Å². The van der Waals surface area contributed by atoms with Crippen LogP contribution in [-0.2, 0) is 11.2 Å². The number of para-hydroxylation sites is 1. The Kier molecular flexibility index (Phi) is 5.80. The van der Waals surface area contributed by atoms with Crippen LogP contribution in [0, 0.1) is 0 Å². The Morgan fingerprint density at radius 2 is 1.96 bits per heavy atom. The third-order valence-electron chi connectivity index (χ3n) is 5.11. The van der Waals surface area contributed by atoms with Crippen LogP contribution in [0.3, 0.4) is 0 Å². The van der Waals surface area contributed by atoms with E-state index in [1.165, 1.54) is 15.3 Å². The number of nitrogens with one attached hydrogen (secondary N) is 1. The molecule has 0 aliphatic carbocycles. The van der Waals surface area contributed by atoms with Crippen LogP contribution in [0.4, 0.5) is 0 Å². The molecule has 1 aromatic heterocycles. The molecule has 2 heterocycles. The van der Waals surface area contributed by atoms with Crippen molar-refractivity contribution in [3.8, 4) is 0 Å². The highest BCUT2D eigenvalue weighted by molar-refractivity contribution is 7.18. The number of piperidine rings is 1. The Morgan fingerprint density at radius 3 is 2.81 bits per heavy atom. The van der Waals surface area contributed by atoms with Gasteiger partial charge in [0.25, 0.3) is 0 Å². The number of hydrogen-bond donors (Lipinski definition) is 1. The van der Waals surface area contributed by atoms with Gasteiger partial charge in [0, 0.05) is 19.0 Å². The molecule has 0 unspecified atom stereocenters. The maximum Gasteiger partial charge on any atom is 0.234 e. The number of benzene rings is 2. The van der Waals surface area contributed by atoms with E-state index in [0.29, 0.717) is 19.0 Å². The van der Waals surface area contributed by atoms with E-state index >= 15 is 0 Å². The van der Waals surface area contributed by atoms with Crippen LogP contribution in [0.2, 0.25) is 0 Å². The molecule has 1 fully saturated rings. The van der Waals surface area contributed by atoms with Gasteiger partial charge in [-0.15, -0.1) is 11.3 Å². The lowest BCUT2D eigenvalue weighted by Crippen LogP contribution is -2.42. The SMILES string of the molecule is O=C(CN1CCC[C@H](c2nc3ccccc3s2)C1)NCCc1ccccc1. The molecule has 1 aliphatic heterocycles. The maximum atomic E-state index is 12.3. The first kappa shape index (κ1) is 18.1. The van der Waals surface area contributed by atoms with Gasteiger partial charge in [-0.05, 0) is 43.5 Å². The van der Waals surface area contributed by atoms with Crippen molar-refractivity contribution in [2.45, 2.75) is 25.2 Å². The number of hydrogen-bond acceptors (Lipinski definition) is 4. The van der Waals surface area contributed by atoms with E-state index in [1.54, 1.807) is 11.3 Å². The first-order valence-electron chi connectivity index (χ1n) is 9.66. The maximum absolute atomic E-state index is 12.3. The Hall–Kier alpha value is -2.24. The zero-order chi connectivity index (χ0) is 18.5. The van der Waals surface area contributed by atoms with Gasteiger partial charge in [-0.3, -0.25) is 9.69 Å². The summed E-state index contributed by atoms with van der Waals surface area (Å²) in [5.41, 5.74) is 2.35. The normalized spacial score (nSPS) is 17.9. The fraction of sp³-hybridized carbons (Fsp3) is 0.364. The lowest BCUT2D eigenvalue weighted by Gasteiger charge is -2.31. The van der Waals surface area contributed by atoms with Crippen LogP contribution in [-0.4, -0.2) is 42.0 Å². The smallest absolute Gasteiger partial charge is 0.234 e. The molecule has 5 heteroatoms. The van der Waals surface area contributed by atoms with Crippen molar-refractivity contribution in [1.82, 2.24) is 15.2 Å². The highest BCUT2D eigenvalue weighted by atomic mass is 32.1. The summed E-state index contributed by atoms with van der Waals surface area (Å²) in [7, 11) is 0. The number of carbonyl (C=O) groups excluding carboxylic acids is 1. The highest BCUT2D eigenvalue weighted by Gasteiger charge is 2.25. The zero-order valence-corrected chi connectivity index (χ0v) is 16.3. The summed E-state index contributed by atoms with van der Waals surface area (Å²) in [5.74, 6) is 0.559. The van der Waals surface area contributed by atoms with E-state index in [0.717, 1.165) is 37.9 Å². The zero-order valence-electron chi connectivity index (χ0n) is 15.4. The molecular weight excluding hydrogens is 354 g/mol. The third kappa shape index (κ3) is 4.73. The summed E-state index contributed by atoms with van der Waals surface area (Å²) in [6.45, 7) is 3.09. The number of carbonyl (C=O) groups is 1. The van der Waals surface area contributed by atoms with E-state index in [-0.39, 0.29) is 5.91 Å². The first-order chi connectivity index (χ1) is 13.3. The minimum absolute atomic E-state index is 0.121. The molecule has 2 aromatic carbocycles. The number of rotatable bonds is 6. The van der Waals surface area contributed by atoms with Crippen molar-refractivity contribution in [2.24, 2.45) is 0 Å². The van der Waals surface area contributed by atoms with Crippen LogP contribution < -0.4 is 5.32 Å². The van der Waals surface area contributed by atoms with Crippen LogP contribution in [0.5, 0.6) is 0 Å². The van der Waals surface area contributed by atoms with Crippen molar-refractivity contribution < 1.29 is 4.79 Å². The molecule has 0 bridgehead atoms. The Bertz CT molecular complexity index is 860. The lowest BCUT2D eigenvalue weighted by atomic mass is 9.99. The summed E-state index contributed by atoms with van der Waals surface area (Å²) >= 11 is 1.80. The quantitative estimate of drug-likeness (QED) is 0.708. The lowest BCUT2D eigenvalue weighted by molar-refractivity contribution is -0.122. The summed E-state index contributed by atoms with van der Waals surface area (Å²) in [6, 6.07) is 18.6. The van der Waals surface area contributed by atoms with Gasteiger partial charge >= 0.3 is 0 Å². The van der Waals surface area contributed by atoms with Gasteiger partial charge < -0.3 is 5.32 Å². The highest BCUT2D eigenvalue weighted by Crippen LogP contribution is 2.32. The molecule has 1 atom stereocenters. The molecule has 1 amide bonds. The standard InChI is InChI=1S/C22H25N3OS/c26-21(23-13-12-17-7-2-1-3-8-17)16-25-14-6-9-18(15-25)22-24-19-10-4-5-11-20(19)27-22/h1-5,7-8,10-11,18H,6,9,12-16H2,(H,23,26)/t18-/m0/s1. The average molecular weight is 380 g/mol. The van der Waals surface area contributed by atoms with Crippen LogP contribution in [0.25, 0.3) is 10.2 Å². The topological polar surface area (TPSA) is 45.2 Å². The summed E-state index contributed by atoms with van der Waals surface area (Å²) in [6.07, 6.45) is 3.16. The minimum Gasteiger partial charge on any atom is -0.355 e. The molecular formula is C22H25N3OS. The fourth-order valence-corrected chi connectivity index (χ4v) is 4.81. The second-order valence-electron chi connectivity index (χ2n) is 7.18. The van der Waals surface area contributed by atoms with Gasteiger partial charge in [0.15, 0.2) is 0 Å². The van der Waals surface area contributed by atoms with E-state index in [2.05, 4.69) is 40.5 Å². The largest absolute Gasteiger partial charge is 0.355 e. The molecule has 27 heavy (non-hydrogen) atoms. The van der Waals surface area contributed by atoms with Crippen LogP contribution in [0.15, 0.2) is 54.6 Å². The predicted molar refractivity (Wildman–Crippen MR) is 111 cm³/mol. The molecule has 0 radical (unpaired) electrons. The van der Waals surface area contributed by atoms with Crippen LogP contribution in [0.1, 0.15) is 29.3 Å². The third-order valence-corrected chi connectivity index (χ3v) is 6.31. The number of thiazole rings is 1. The van der Waals surface area contributed by atoms with E-state index in [1.807, 2.05) is 24.3 Å². The van der Waals surface area contributed by atoms with E-state index in [4.69, 9.17) is 4.98 Å². The van der Waals surface area contributed by atoms with Gasteiger partial charge in [0.2, 0.25) is 5.91 Å². The molecule has 1 N–H and O–H groups in total. The Labute approximate surface area is 164 Å².